The average Bonchev–Trinajstić information content (AvgIpc) is 2.77. The molecule has 0 spiro atoms. The van der Waals surface area contributed by atoms with Gasteiger partial charge in [0.15, 0.2) is 0 Å². The molecule has 0 radical (unpaired) electrons. The first-order valence-corrected chi connectivity index (χ1v) is 12.7. The largest absolute Gasteiger partial charge is 0.357 e. The predicted octanol–water partition coefficient (Wildman–Crippen LogP) is 3.44. The van der Waals surface area contributed by atoms with Crippen LogP contribution < -0.4 is 9.62 Å². The number of carbonyl (C=O) groups is 2. The lowest BCUT2D eigenvalue weighted by molar-refractivity contribution is -0.141. The zero-order valence-corrected chi connectivity index (χ0v) is 20.2. The second-order valence-electron chi connectivity index (χ2n) is 7.43. The number of carbonyl (C=O) groups excluding carboxylic acids is 2. The SMILES string of the molecule is CC[C@H](C(=O)NC)N(Cc1ccccc1Cl)C(=O)CCCN(c1ccccc1)S(C)(=O)=O. The van der Waals surface area contributed by atoms with Gasteiger partial charge in [-0.2, -0.15) is 0 Å². The number of sulfonamides is 1. The highest BCUT2D eigenvalue weighted by Crippen LogP contribution is 2.21. The lowest BCUT2D eigenvalue weighted by Crippen LogP contribution is -2.48. The van der Waals surface area contributed by atoms with E-state index in [1.807, 2.05) is 25.1 Å². The number of rotatable bonds is 11. The molecule has 0 saturated heterocycles. The first-order valence-electron chi connectivity index (χ1n) is 10.5. The molecular weight excluding hydrogens is 450 g/mol. The molecular formula is C23H30ClN3O4S. The molecule has 2 aromatic carbocycles. The monoisotopic (exact) mass is 479 g/mol. The van der Waals surface area contributed by atoms with Gasteiger partial charge in [-0.1, -0.05) is 54.9 Å². The van der Waals surface area contributed by atoms with Crippen LogP contribution in [0.3, 0.4) is 0 Å². The molecule has 32 heavy (non-hydrogen) atoms. The summed E-state index contributed by atoms with van der Waals surface area (Å²) in [5.74, 6) is -0.489. The van der Waals surface area contributed by atoms with Crippen LogP contribution in [0.15, 0.2) is 54.6 Å². The molecule has 2 rings (SSSR count). The molecule has 0 bridgehead atoms. The fraction of sp³-hybridized carbons (Fsp3) is 0.391. The minimum Gasteiger partial charge on any atom is -0.357 e. The lowest BCUT2D eigenvalue weighted by atomic mass is 10.1. The molecule has 0 aliphatic carbocycles. The molecule has 0 aliphatic heterocycles. The van der Waals surface area contributed by atoms with Crippen LogP contribution in [0.4, 0.5) is 5.69 Å². The second-order valence-corrected chi connectivity index (χ2v) is 9.74. The van der Waals surface area contributed by atoms with Gasteiger partial charge in [-0.3, -0.25) is 13.9 Å². The Morgan fingerprint density at radius 2 is 1.69 bits per heavy atom. The molecule has 174 valence electrons. The molecule has 2 aromatic rings. The number of hydrogen-bond donors (Lipinski definition) is 1. The molecule has 0 saturated carbocycles. The van der Waals surface area contributed by atoms with Crippen molar-refractivity contribution in [3.05, 3.63) is 65.2 Å². The number of halogens is 1. The summed E-state index contributed by atoms with van der Waals surface area (Å²) >= 11 is 6.29. The fourth-order valence-corrected chi connectivity index (χ4v) is 4.66. The average molecular weight is 480 g/mol. The van der Waals surface area contributed by atoms with Gasteiger partial charge >= 0.3 is 0 Å². The van der Waals surface area contributed by atoms with Crippen LogP contribution in [0.5, 0.6) is 0 Å². The number of likely N-dealkylation sites (N-methyl/N-ethyl adjacent to an activating group) is 1. The Balaban J connectivity index is 2.18. The Labute approximate surface area is 195 Å². The van der Waals surface area contributed by atoms with Gasteiger partial charge in [-0.25, -0.2) is 8.42 Å². The number of para-hydroxylation sites is 1. The summed E-state index contributed by atoms with van der Waals surface area (Å²) in [6, 6.07) is 15.3. The third kappa shape index (κ3) is 6.97. The standard InChI is InChI=1S/C23H30ClN3O4S/c1-4-21(23(29)25-2)26(17-18-11-8-9-14-20(18)24)22(28)15-10-16-27(32(3,30)31)19-12-6-5-7-13-19/h5-9,11-14,21H,4,10,15-17H2,1-3H3,(H,25,29)/t21-/m1/s1. The van der Waals surface area contributed by atoms with Gasteiger partial charge in [0, 0.05) is 31.6 Å². The van der Waals surface area contributed by atoms with Gasteiger partial charge in [0.1, 0.15) is 6.04 Å². The highest BCUT2D eigenvalue weighted by atomic mass is 35.5. The fourth-order valence-electron chi connectivity index (χ4n) is 3.49. The van der Waals surface area contributed by atoms with E-state index >= 15 is 0 Å². The van der Waals surface area contributed by atoms with Crippen LogP contribution in [0, 0.1) is 0 Å². The van der Waals surface area contributed by atoms with E-state index in [-0.39, 0.29) is 31.3 Å². The van der Waals surface area contributed by atoms with Crippen molar-refractivity contribution in [2.24, 2.45) is 0 Å². The molecule has 1 N–H and O–H groups in total. The third-order valence-corrected chi connectivity index (χ3v) is 6.69. The summed E-state index contributed by atoms with van der Waals surface area (Å²) in [6.45, 7) is 2.19. The minimum absolute atomic E-state index is 0.0940. The van der Waals surface area contributed by atoms with E-state index in [0.29, 0.717) is 23.6 Å². The first-order chi connectivity index (χ1) is 15.2. The predicted molar refractivity (Wildman–Crippen MR) is 128 cm³/mol. The molecule has 2 amide bonds. The van der Waals surface area contributed by atoms with E-state index in [0.717, 1.165) is 11.8 Å². The maximum absolute atomic E-state index is 13.2. The lowest BCUT2D eigenvalue weighted by Gasteiger charge is -2.31. The number of nitrogens with one attached hydrogen (secondary N) is 1. The van der Waals surface area contributed by atoms with Crippen LogP contribution in [0.2, 0.25) is 5.02 Å². The van der Waals surface area contributed by atoms with Gasteiger partial charge < -0.3 is 10.2 Å². The Bertz CT molecular complexity index is 1010. The van der Waals surface area contributed by atoms with Gasteiger partial charge in [0.2, 0.25) is 21.8 Å². The van der Waals surface area contributed by atoms with Crippen molar-refractivity contribution < 1.29 is 18.0 Å². The van der Waals surface area contributed by atoms with Gasteiger partial charge in [-0.15, -0.1) is 0 Å². The molecule has 7 nitrogen and oxygen atoms in total. The Morgan fingerprint density at radius 3 is 2.25 bits per heavy atom. The highest BCUT2D eigenvalue weighted by molar-refractivity contribution is 7.92. The zero-order valence-electron chi connectivity index (χ0n) is 18.6. The van der Waals surface area contributed by atoms with E-state index in [1.54, 1.807) is 36.4 Å². The summed E-state index contributed by atoms with van der Waals surface area (Å²) in [5, 5.41) is 3.13. The summed E-state index contributed by atoms with van der Waals surface area (Å²) in [7, 11) is -1.97. The van der Waals surface area contributed by atoms with Crippen molar-refractivity contribution in [3.63, 3.8) is 0 Å². The number of amides is 2. The third-order valence-electron chi connectivity index (χ3n) is 5.13. The van der Waals surface area contributed by atoms with Crippen LogP contribution >= 0.6 is 11.6 Å². The molecule has 0 aliphatic rings. The van der Waals surface area contributed by atoms with Gasteiger partial charge in [0.25, 0.3) is 0 Å². The smallest absolute Gasteiger partial charge is 0.242 e. The number of hydrogen-bond acceptors (Lipinski definition) is 4. The molecule has 9 heteroatoms. The zero-order chi connectivity index (χ0) is 23.7. The minimum atomic E-state index is -3.50. The normalized spacial score (nSPS) is 12.1. The Morgan fingerprint density at radius 1 is 1.06 bits per heavy atom. The molecule has 0 fully saturated rings. The van der Waals surface area contributed by atoms with Crippen molar-refractivity contribution in [1.82, 2.24) is 10.2 Å². The molecule has 0 unspecified atom stereocenters. The molecule has 1 atom stereocenters. The summed E-state index contributed by atoms with van der Waals surface area (Å²) in [5.41, 5.74) is 1.29. The highest BCUT2D eigenvalue weighted by Gasteiger charge is 2.28. The topological polar surface area (TPSA) is 86.8 Å². The maximum atomic E-state index is 13.2. The van der Waals surface area contributed by atoms with E-state index in [4.69, 9.17) is 11.6 Å². The Kier molecular flexibility index (Phi) is 9.53. The Hall–Kier alpha value is -2.58. The molecule has 0 aromatic heterocycles. The van der Waals surface area contributed by atoms with Gasteiger partial charge in [-0.05, 0) is 36.6 Å². The quantitative estimate of drug-likeness (QED) is 0.534. The van der Waals surface area contributed by atoms with E-state index < -0.39 is 16.1 Å². The maximum Gasteiger partial charge on any atom is 0.242 e. The van der Waals surface area contributed by atoms with E-state index in [1.165, 1.54) is 16.3 Å². The summed E-state index contributed by atoms with van der Waals surface area (Å²) in [4.78, 5) is 27.1. The van der Waals surface area contributed by atoms with Crippen molar-refractivity contribution in [2.75, 3.05) is 24.2 Å². The van der Waals surface area contributed by atoms with Crippen LogP contribution in [0.25, 0.3) is 0 Å². The van der Waals surface area contributed by atoms with E-state index in [2.05, 4.69) is 5.32 Å². The number of anilines is 1. The van der Waals surface area contributed by atoms with E-state index in [9.17, 15) is 18.0 Å². The number of benzene rings is 2. The first kappa shape index (κ1) is 25.7. The van der Waals surface area contributed by atoms with Gasteiger partial charge in [0.05, 0.1) is 11.9 Å². The summed E-state index contributed by atoms with van der Waals surface area (Å²) in [6.07, 6.45) is 1.99. The number of nitrogens with zero attached hydrogens (tertiary/aromatic N) is 2. The van der Waals surface area contributed by atoms with Crippen molar-refractivity contribution >= 4 is 39.1 Å². The van der Waals surface area contributed by atoms with Crippen LogP contribution in [-0.4, -0.2) is 51.0 Å². The second kappa shape index (κ2) is 11.9. The summed E-state index contributed by atoms with van der Waals surface area (Å²) < 4.78 is 25.8. The van der Waals surface area contributed by atoms with Crippen LogP contribution in [-0.2, 0) is 26.2 Å². The van der Waals surface area contributed by atoms with Crippen molar-refractivity contribution in [3.8, 4) is 0 Å². The van der Waals surface area contributed by atoms with Crippen molar-refractivity contribution in [1.29, 1.82) is 0 Å². The molecule has 0 heterocycles. The van der Waals surface area contributed by atoms with Crippen molar-refractivity contribution in [2.45, 2.75) is 38.8 Å². The van der Waals surface area contributed by atoms with Crippen LogP contribution in [0.1, 0.15) is 31.7 Å².